The molecule has 0 spiro atoms. The first-order valence-electron chi connectivity index (χ1n) is 11.3. The Bertz CT molecular complexity index is 1100. The van der Waals surface area contributed by atoms with Crippen molar-refractivity contribution >= 4 is 40.0 Å². The third-order valence-electron chi connectivity index (χ3n) is 6.36. The molecule has 2 aliphatic heterocycles. The van der Waals surface area contributed by atoms with E-state index < -0.39 is 0 Å². The van der Waals surface area contributed by atoms with Crippen molar-refractivity contribution in [2.75, 3.05) is 25.0 Å². The number of hydrogen-bond donors (Lipinski definition) is 2. The number of aryl methyl sites for hydroxylation is 1. The number of benzene rings is 1. The van der Waals surface area contributed by atoms with E-state index in [9.17, 15) is 19.2 Å². The minimum Gasteiger partial charge on any atom is -0.376 e. The average Bonchev–Trinajstić information content (AvgIpc) is 3.58. The summed E-state index contributed by atoms with van der Waals surface area (Å²) in [6, 6.07) is 6.65. The van der Waals surface area contributed by atoms with Crippen molar-refractivity contribution in [3.63, 3.8) is 0 Å². The molecule has 5 rings (SSSR count). The summed E-state index contributed by atoms with van der Waals surface area (Å²) in [4.78, 5) is 53.0. The fourth-order valence-electron chi connectivity index (χ4n) is 4.68. The Labute approximate surface area is 195 Å². The zero-order valence-corrected chi connectivity index (χ0v) is 19.0. The van der Waals surface area contributed by atoms with Crippen LogP contribution < -0.4 is 10.6 Å². The molecule has 172 valence electrons. The molecule has 1 aromatic carbocycles. The molecule has 4 amide bonds. The summed E-state index contributed by atoms with van der Waals surface area (Å²) in [5.41, 5.74) is 2.28. The Balaban J connectivity index is 1.24. The Kier molecular flexibility index (Phi) is 5.99. The molecule has 0 radical (unpaired) electrons. The van der Waals surface area contributed by atoms with Crippen molar-refractivity contribution in [3.8, 4) is 0 Å². The van der Waals surface area contributed by atoms with Gasteiger partial charge in [-0.25, -0.2) is 0 Å². The second-order valence-electron chi connectivity index (χ2n) is 8.51. The van der Waals surface area contributed by atoms with Crippen LogP contribution in [0, 0.1) is 0 Å². The molecular formula is C24H25N3O5S. The van der Waals surface area contributed by atoms with Crippen molar-refractivity contribution in [2.24, 2.45) is 0 Å². The molecule has 0 bridgehead atoms. The van der Waals surface area contributed by atoms with E-state index in [1.807, 2.05) is 0 Å². The number of anilines is 1. The van der Waals surface area contributed by atoms with Gasteiger partial charge in [-0.15, -0.1) is 11.3 Å². The number of ether oxygens (including phenoxy) is 1. The van der Waals surface area contributed by atoms with E-state index in [0.717, 1.165) is 54.1 Å². The minimum absolute atomic E-state index is 0.0101. The fourth-order valence-corrected chi connectivity index (χ4v) is 5.98. The smallest absolute Gasteiger partial charge is 0.261 e. The summed E-state index contributed by atoms with van der Waals surface area (Å²) in [7, 11) is 0. The molecule has 1 fully saturated rings. The van der Waals surface area contributed by atoms with Gasteiger partial charge in [0.15, 0.2) is 0 Å². The summed E-state index contributed by atoms with van der Waals surface area (Å²) >= 11 is 1.44. The number of hydrogen-bond acceptors (Lipinski definition) is 6. The van der Waals surface area contributed by atoms with E-state index in [2.05, 4.69) is 10.6 Å². The van der Waals surface area contributed by atoms with Gasteiger partial charge in [-0.1, -0.05) is 12.1 Å². The predicted molar refractivity (Wildman–Crippen MR) is 123 cm³/mol. The maximum absolute atomic E-state index is 13.0. The van der Waals surface area contributed by atoms with Crippen LogP contribution in [0.4, 0.5) is 5.00 Å². The van der Waals surface area contributed by atoms with E-state index in [1.54, 1.807) is 24.3 Å². The molecular weight excluding hydrogens is 442 g/mol. The maximum Gasteiger partial charge on any atom is 0.261 e. The summed E-state index contributed by atoms with van der Waals surface area (Å²) in [6.45, 7) is 1.17. The normalized spacial score (nSPS) is 19.0. The lowest BCUT2D eigenvalue weighted by atomic mass is 10.1. The summed E-state index contributed by atoms with van der Waals surface area (Å²) in [5, 5.41) is 6.36. The number of carbonyl (C=O) groups is 4. The maximum atomic E-state index is 13.0. The number of imide groups is 1. The number of nitrogens with zero attached hydrogens (tertiary/aromatic N) is 1. The van der Waals surface area contributed by atoms with Crippen molar-refractivity contribution < 1.29 is 23.9 Å². The fraction of sp³-hybridized carbons (Fsp3) is 0.417. The quantitative estimate of drug-likeness (QED) is 0.610. The molecule has 8 nitrogen and oxygen atoms in total. The standard InChI is InChI=1S/C24H25N3O5S/c28-19(10-11-27-23(30)15-6-1-2-7-16(15)24(27)31)26-22-20(17-8-3-9-18(17)33-22)21(29)25-13-14-5-4-12-32-14/h1-2,6-7,14H,3-5,8-13H2,(H,25,29)(H,26,28)/t14-/m0/s1. The second kappa shape index (κ2) is 9.07. The van der Waals surface area contributed by atoms with Crippen molar-refractivity contribution in [1.82, 2.24) is 10.2 Å². The highest BCUT2D eigenvalue weighted by Gasteiger charge is 2.35. The van der Waals surface area contributed by atoms with Gasteiger partial charge in [-0.05, 0) is 49.8 Å². The predicted octanol–water partition coefficient (Wildman–Crippen LogP) is 2.77. The van der Waals surface area contributed by atoms with Crippen LogP contribution in [0.1, 0.15) is 67.2 Å². The number of carbonyl (C=O) groups excluding carboxylic acids is 4. The van der Waals surface area contributed by atoms with Gasteiger partial charge in [0.25, 0.3) is 17.7 Å². The van der Waals surface area contributed by atoms with Gasteiger partial charge < -0.3 is 15.4 Å². The highest BCUT2D eigenvalue weighted by atomic mass is 32.1. The molecule has 1 aromatic heterocycles. The first kappa shape index (κ1) is 21.8. The van der Waals surface area contributed by atoms with Crippen molar-refractivity contribution in [3.05, 3.63) is 51.4 Å². The molecule has 3 heterocycles. The van der Waals surface area contributed by atoms with Crippen LogP contribution >= 0.6 is 11.3 Å². The average molecular weight is 468 g/mol. The number of nitrogens with one attached hydrogen (secondary N) is 2. The van der Waals surface area contributed by atoms with Gasteiger partial charge in [0.1, 0.15) is 5.00 Å². The molecule has 0 saturated carbocycles. The van der Waals surface area contributed by atoms with E-state index in [-0.39, 0.29) is 42.7 Å². The molecule has 1 aliphatic carbocycles. The lowest BCUT2D eigenvalue weighted by molar-refractivity contribution is -0.116. The van der Waals surface area contributed by atoms with Gasteiger partial charge in [-0.3, -0.25) is 24.1 Å². The highest BCUT2D eigenvalue weighted by Crippen LogP contribution is 2.39. The van der Waals surface area contributed by atoms with Gasteiger partial charge in [0.05, 0.1) is 22.8 Å². The molecule has 1 atom stereocenters. The minimum atomic E-state index is -0.382. The van der Waals surface area contributed by atoms with Crippen LogP contribution in [0.2, 0.25) is 0 Å². The monoisotopic (exact) mass is 467 g/mol. The lowest BCUT2D eigenvalue weighted by Gasteiger charge is -2.14. The summed E-state index contributed by atoms with van der Waals surface area (Å²) in [6.07, 6.45) is 4.66. The largest absolute Gasteiger partial charge is 0.376 e. The Morgan fingerprint density at radius 2 is 1.85 bits per heavy atom. The zero-order chi connectivity index (χ0) is 22.9. The van der Waals surface area contributed by atoms with Gasteiger partial charge in [0.2, 0.25) is 5.91 Å². The summed E-state index contributed by atoms with van der Waals surface area (Å²) in [5.74, 6) is -1.29. The first-order chi connectivity index (χ1) is 16.0. The van der Waals surface area contributed by atoms with Crippen LogP contribution in [0.3, 0.4) is 0 Å². The molecule has 33 heavy (non-hydrogen) atoms. The Morgan fingerprint density at radius 1 is 1.09 bits per heavy atom. The van der Waals surface area contributed by atoms with E-state index in [4.69, 9.17) is 4.74 Å². The van der Waals surface area contributed by atoms with Crippen molar-refractivity contribution in [1.29, 1.82) is 0 Å². The van der Waals surface area contributed by atoms with Crippen LogP contribution in [-0.4, -0.2) is 54.3 Å². The SMILES string of the molecule is O=C(CCN1C(=O)c2ccccc2C1=O)Nc1sc2c(c1C(=O)NC[C@@H]1CCCO1)CCC2. The van der Waals surface area contributed by atoms with E-state index >= 15 is 0 Å². The third-order valence-corrected chi connectivity index (χ3v) is 7.56. The molecule has 2 aromatic rings. The molecule has 1 saturated heterocycles. The van der Waals surface area contributed by atoms with Crippen LogP contribution in [0.25, 0.3) is 0 Å². The Morgan fingerprint density at radius 3 is 2.55 bits per heavy atom. The van der Waals surface area contributed by atoms with Crippen LogP contribution in [0.5, 0.6) is 0 Å². The van der Waals surface area contributed by atoms with Crippen LogP contribution in [0.15, 0.2) is 24.3 Å². The van der Waals surface area contributed by atoms with E-state index in [1.165, 1.54) is 11.3 Å². The van der Waals surface area contributed by atoms with E-state index in [0.29, 0.717) is 28.2 Å². The molecule has 0 unspecified atom stereocenters. The zero-order valence-electron chi connectivity index (χ0n) is 18.1. The summed E-state index contributed by atoms with van der Waals surface area (Å²) < 4.78 is 5.59. The number of amides is 4. The van der Waals surface area contributed by atoms with Crippen LogP contribution in [-0.2, 0) is 22.4 Å². The molecule has 3 aliphatic rings. The first-order valence-corrected chi connectivity index (χ1v) is 12.1. The number of thiophene rings is 1. The highest BCUT2D eigenvalue weighted by molar-refractivity contribution is 7.17. The van der Waals surface area contributed by atoms with Crippen molar-refractivity contribution in [2.45, 2.75) is 44.6 Å². The third kappa shape index (κ3) is 4.18. The topological polar surface area (TPSA) is 105 Å². The van der Waals surface area contributed by atoms with Gasteiger partial charge in [-0.2, -0.15) is 0 Å². The van der Waals surface area contributed by atoms with Gasteiger partial charge >= 0.3 is 0 Å². The number of fused-ring (bicyclic) bond motifs is 2. The molecule has 2 N–H and O–H groups in total. The molecule has 9 heteroatoms. The number of rotatable bonds is 7. The lowest BCUT2D eigenvalue weighted by Crippen LogP contribution is -2.33. The Hall–Kier alpha value is -3.04. The second-order valence-corrected chi connectivity index (χ2v) is 9.62. The van der Waals surface area contributed by atoms with Gasteiger partial charge in [0, 0.05) is 31.0 Å².